The zero-order valence-electron chi connectivity index (χ0n) is 11.0. The zero-order valence-corrected chi connectivity index (χ0v) is 14.3. The monoisotopic (exact) mass is 382 g/mol. The Labute approximate surface area is 136 Å². The van der Waals surface area contributed by atoms with Gasteiger partial charge in [0, 0.05) is 5.02 Å². The van der Waals surface area contributed by atoms with E-state index in [2.05, 4.69) is 9.35 Å². The summed E-state index contributed by atoms with van der Waals surface area (Å²) >= 11 is 6.81. The van der Waals surface area contributed by atoms with Crippen LogP contribution >= 0.6 is 30.5 Å². The predicted molar refractivity (Wildman–Crippen MR) is 84.5 cm³/mol. The van der Waals surface area contributed by atoms with Crippen LogP contribution in [0.25, 0.3) is 0 Å². The first-order chi connectivity index (χ1) is 10.3. The molecule has 11 heteroatoms. The number of halogens is 1. The van der Waals surface area contributed by atoms with Crippen LogP contribution in [0.1, 0.15) is 0 Å². The SMILES string of the molecule is NOP(=O)(CNS(=O)(=O)c1cccs1)Oc1cccc(Cl)c1. The molecule has 120 valence electrons. The minimum absolute atomic E-state index is 0.0822. The molecule has 0 aliphatic heterocycles. The van der Waals surface area contributed by atoms with Gasteiger partial charge in [0.1, 0.15) is 16.2 Å². The summed E-state index contributed by atoms with van der Waals surface area (Å²) in [6.07, 6.45) is -0.615. The van der Waals surface area contributed by atoms with Gasteiger partial charge in [0.2, 0.25) is 0 Å². The molecule has 22 heavy (non-hydrogen) atoms. The number of nitrogens with one attached hydrogen (secondary N) is 1. The molecule has 1 unspecified atom stereocenters. The van der Waals surface area contributed by atoms with Crippen molar-refractivity contribution in [2.75, 3.05) is 6.29 Å². The van der Waals surface area contributed by atoms with Crippen LogP contribution in [0.3, 0.4) is 0 Å². The van der Waals surface area contributed by atoms with Crippen molar-refractivity contribution < 1.29 is 22.1 Å². The van der Waals surface area contributed by atoms with Crippen molar-refractivity contribution in [3.05, 3.63) is 46.8 Å². The molecule has 0 amide bonds. The van der Waals surface area contributed by atoms with E-state index in [1.54, 1.807) is 23.6 Å². The van der Waals surface area contributed by atoms with Gasteiger partial charge in [-0.15, -0.1) is 11.3 Å². The quantitative estimate of drug-likeness (QED) is 0.563. The molecular formula is C11H12ClN2O5PS2. The lowest BCUT2D eigenvalue weighted by Gasteiger charge is -2.17. The van der Waals surface area contributed by atoms with E-state index in [-0.39, 0.29) is 9.96 Å². The van der Waals surface area contributed by atoms with Crippen LogP contribution in [0.15, 0.2) is 46.0 Å². The average molecular weight is 383 g/mol. The number of benzene rings is 1. The molecule has 1 atom stereocenters. The van der Waals surface area contributed by atoms with Crippen molar-refractivity contribution in [1.29, 1.82) is 0 Å². The molecule has 1 aromatic carbocycles. The van der Waals surface area contributed by atoms with Crippen molar-refractivity contribution in [2.45, 2.75) is 4.21 Å². The molecule has 3 N–H and O–H groups in total. The van der Waals surface area contributed by atoms with Gasteiger partial charge in [-0.05, 0) is 29.6 Å². The van der Waals surface area contributed by atoms with Gasteiger partial charge in [-0.3, -0.25) is 0 Å². The first-order valence-electron chi connectivity index (χ1n) is 5.80. The second-order valence-electron chi connectivity index (χ2n) is 4.00. The molecule has 0 radical (unpaired) electrons. The van der Waals surface area contributed by atoms with Gasteiger partial charge >= 0.3 is 7.60 Å². The number of sulfonamides is 1. The van der Waals surface area contributed by atoms with Gasteiger partial charge in [-0.1, -0.05) is 23.7 Å². The standard InChI is InChI=1S/C11H12ClN2O5PS2/c12-9-3-1-4-10(7-9)18-20(15,19-13)8-14-22(16,17)11-5-2-6-21-11/h1-7,14H,8,13H2. The maximum absolute atomic E-state index is 12.3. The Hall–Kier alpha value is -0.930. The maximum atomic E-state index is 12.3. The normalized spacial score (nSPS) is 14.5. The number of nitrogens with two attached hydrogens (primary N) is 1. The van der Waals surface area contributed by atoms with Crippen LogP contribution in [0, 0.1) is 0 Å². The van der Waals surface area contributed by atoms with Crippen molar-refractivity contribution in [3.8, 4) is 5.75 Å². The fourth-order valence-electron chi connectivity index (χ4n) is 1.43. The molecule has 0 fully saturated rings. The molecule has 0 aliphatic rings. The Morgan fingerprint density at radius 2 is 2.09 bits per heavy atom. The van der Waals surface area contributed by atoms with Crippen LogP contribution in [0.2, 0.25) is 5.02 Å². The van der Waals surface area contributed by atoms with Crippen LogP contribution in [0.4, 0.5) is 0 Å². The third-order valence-electron chi connectivity index (χ3n) is 2.41. The fourth-order valence-corrected chi connectivity index (χ4v) is 5.23. The Morgan fingerprint density at radius 3 is 2.68 bits per heavy atom. The molecule has 0 saturated heterocycles. The van der Waals surface area contributed by atoms with Gasteiger partial charge in [0.15, 0.2) is 0 Å². The second-order valence-corrected chi connectivity index (χ2v) is 9.31. The summed E-state index contributed by atoms with van der Waals surface area (Å²) in [5, 5.41) is 1.97. The van der Waals surface area contributed by atoms with E-state index >= 15 is 0 Å². The van der Waals surface area contributed by atoms with E-state index in [0.29, 0.717) is 5.02 Å². The molecule has 1 aromatic heterocycles. The van der Waals surface area contributed by atoms with Crippen LogP contribution < -0.4 is 15.1 Å². The molecule has 0 spiro atoms. The van der Waals surface area contributed by atoms with Crippen LogP contribution in [-0.2, 0) is 19.2 Å². The minimum Gasteiger partial charge on any atom is -0.423 e. The minimum atomic E-state index is -3.91. The van der Waals surface area contributed by atoms with Crippen molar-refractivity contribution in [2.24, 2.45) is 5.90 Å². The average Bonchev–Trinajstić information content (AvgIpc) is 3.00. The van der Waals surface area contributed by atoms with E-state index in [0.717, 1.165) is 11.3 Å². The van der Waals surface area contributed by atoms with Gasteiger partial charge < -0.3 is 4.52 Å². The lowest BCUT2D eigenvalue weighted by atomic mass is 10.3. The summed E-state index contributed by atoms with van der Waals surface area (Å²) in [7, 11) is -7.71. The third-order valence-corrected chi connectivity index (χ3v) is 7.01. The molecule has 0 aliphatic carbocycles. The number of rotatable bonds is 7. The largest absolute Gasteiger partial charge is 0.423 e. The van der Waals surface area contributed by atoms with E-state index in [9.17, 15) is 13.0 Å². The summed E-state index contributed by atoms with van der Waals surface area (Å²) in [4.78, 5) is 0. The van der Waals surface area contributed by atoms with Gasteiger partial charge in [0.25, 0.3) is 10.0 Å². The topological polar surface area (TPSA) is 108 Å². The first kappa shape index (κ1) is 17.4. The highest BCUT2D eigenvalue weighted by atomic mass is 35.5. The third kappa shape index (κ3) is 4.53. The summed E-state index contributed by atoms with van der Waals surface area (Å²) in [6, 6.07) is 9.07. The molecule has 7 nitrogen and oxygen atoms in total. The number of hydrogen-bond acceptors (Lipinski definition) is 7. The molecule has 2 aromatic rings. The Balaban J connectivity index is 2.10. The van der Waals surface area contributed by atoms with Gasteiger partial charge in [-0.2, -0.15) is 4.72 Å². The van der Waals surface area contributed by atoms with E-state index in [4.69, 9.17) is 22.0 Å². The summed E-state index contributed by atoms with van der Waals surface area (Å²) in [6.45, 7) is 0. The van der Waals surface area contributed by atoms with Gasteiger partial charge in [0.05, 0.1) is 0 Å². The summed E-state index contributed by atoms with van der Waals surface area (Å²) in [5.41, 5.74) is 0. The zero-order chi connectivity index (χ0) is 16.2. The molecule has 0 saturated carbocycles. The number of thiophene rings is 1. The highest BCUT2D eigenvalue weighted by Gasteiger charge is 2.29. The maximum Gasteiger partial charge on any atom is 0.410 e. The fraction of sp³-hybridized carbons (Fsp3) is 0.0909. The molecule has 2 rings (SSSR count). The van der Waals surface area contributed by atoms with E-state index < -0.39 is 23.9 Å². The van der Waals surface area contributed by atoms with E-state index in [1.165, 1.54) is 18.2 Å². The van der Waals surface area contributed by atoms with Crippen molar-refractivity contribution in [1.82, 2.24) is 4.72 Å². The highest BCUT2D eigenvalue weighted by Crippen LogP contribution is 2.46. The number of hydrogen-bond donors (Lipinski definition) is 2. The summed E-state index contributed by atoms with van der Waals surface area (Å²) < 4.78 is 48.0. The van der Waals surface area contributed by atoms with Gasteiger partial charge in [-0.25, -0.2) is 23.5 Å². The summed E-state index contributed by atoms with van der Waals surface area (Å²) in [5.74, 6) is 5.14. The van der Waals surface area contributed by atoms with E-state index in [1.807, 2.05) is 0 Å². The lowest BCUT2D eigenvalue weighted by Crippen LogP contribution is -2.26. The molecule has 1 heterocycles. The van der Waals surface area contributed by atoms with Crippen LogP contribution in [0.5, 0.6) is 5.75 Å². The molecule has 0 bridgehead atoms. The smallest absolute Gasteiger partial charge is 0.410 e. The second kappa shape index (κ2) is 7.10. The first-order valence-corrected chi connectivity index (χ1v) is 10.3. The Morgan fingerprint density at radius 1 is 1.32 bits per heavy atom. The highest BCUT2D eigenvalue weighted by molar-refractivity contribution is 7.91. The lowest BCUT2D eigenvalue weighted by molar-refractivity contribution is 0.273. The molecular weight excluding hydrogens is 371 g/mol. The Kier molecular flexibility index (Phi) is 5.62. The van der Waals surface area contributed by atoms with Crippen molar-refractivity contribution in [3.63, 3.8) is 0 Å². The predicted octanol–water partition coefficient (Wildman–Crippen LogP) is 2.80. The Bertz CT molecular complexity index is 782. The van der Waals surface area contributed by atoms with Crippen molar-refractivity contribution >= 4 is 40.6 Å². The van der Waals surface area contributed by atoms with Crippen LogP contribution in [-0.4, -0.2) is 14.7 Å².